The second kappa shape index (κ2) is 6.53. The van der Waals surface area contributed by atoms with Crippen LogP contribution in [-0.2, 0) is 6.54 Å². The molecule has 0 unspecified atom stereocenters. The van der Waals surface area contributed by atoms with Crippen LogP contribution in [0, 0.1) is 16.7 Å². The van der Waals surface area contributed by atoms with E-state index >= 15 is 0 Å². The number of benzene rings is 1. The molecule has 1 aromatic rings. The highest BCUT2D eigenvalue weighted by Gasteiger charge is 2.18. The molecule has 1 N–H and O–H groups in total. The molecule has 0 aliphatic rings. The molecule has 0 saturated heterocycles. The van der Waals surface area contributed by atoms with Crippen molar-refractivity contribution in [3.05, 3.63) is 35.4 Å². The topological polar surface area (TPSA) is 39.1 Å². The van der Waals surface area contributed by atoms with Gasteiger partial charge in [0.15, 0.2) is 0 Å². The average molecular weight is 245 g/mol. The zero-order valence-corrected chi connectivity index (χ0v) is 11.8. The molecule has 3 nitrogen and oxygen atoms in total. The monoisotopic (exact) mass is 245 g/mol. The minimum absolute atomic E-state index is 0.227. The molecule has 0 amide bonds. The summed E-state index contributed by atoms with van der Waals surface area (Å²) in [6.07, 6.45) is 0. The SMILES string of the molecule is CN(C)CC(C)(C)CNCc1ccccc1C#N. The quantitative estimate of drug-likeness (QED) is 0.835. The van der Waals surface area contributed by atoms with Crippen LogP contribution in [0.2, 0.25) is 0 Å². The molecule has 0 heterocycles. The molecule has 1 rings (SSSR count). The molecule has 0 aliphatic carbocycles. The van der Waals surface area contributed by atoms with Crippen molar-refractivity contribution >= 4 is 0 Å². The largest absolute Gasteiger partial charge is 0.312 e. The van der Waals surface area contributed by atoms with Crippen LogP contribution in [0.3, 0.4) is 0 Å². The first-order valence-electron chi connectivity index (χ1n) is 6.28. The lowest BCUT2D eigenvalue weighted by atomic mass is 9.93. The van der Waals surface area contributed by atoms with E-state index in [1.54, 1.807) is 0 Å². The Morgan fingerprint density at radius 2 is 1.94 bits per heavy atom. The highest BCUT2D eigenvalue weighted by molar-refractivity contribution is 5.37. The molecule has 98 valence electrons. The van der Waals surface area contributed by atoms with Gasteiger partial charge < -0.3 is 10.2 Å². The Kier molecular flexibility index (Phi) is 5.33. The summed E-state index contributed by atoms with van der Waals surface area (Å²) in [6, 6.07) is 9.97. The highest BCUT2D eigenvalue weighted by Crippen LogP contribution is 2.15. The Hall–Kier alpha value is -1.37. The fraction of sp³-hybridized carbons (Fsp3) is 0.533. The molecule has 0 atom stereocenters. The van der Waals surface area contributed by atoms with Gasteiger partial charge in [-0.05, 0) is 31.1 Å². The van der Waals surface area contributed by atoms with Gasteiger partial charge in [-0.1, -0.05) is 32.0 Å². The summed E-state index contributed by atoms with van der Waals surface area (Å²) in [4.78, 5) is 2.20. The van der Waals surface area contributed by atoms with Gasteiger partial charge in [0, 0.05) is 19.6 Å². The van der Waals surface area contributed by atoms with Crippen molar-refractivity contribution in [1.82, 2.24) is 10.2 Å². The van der Waals surface area contributed by atoms with Crippen molar-refractivity contribution in [1.29, 1.82) is 5.26 Å². The van der Waals surface area contributed by atoms with Crippen molar-refractivity contribution in [2.75, 3.05) is 27.2 Å². The molecular weight excluding hydrogens is 222 g/mol. The molecule has 0 aliphatic heterocycles. The molecule has 0 saturated carbocycles. The van der Waals surface area contributed by atoms with Gasteiger partial charge in [-0.25, -0.2) is 0 Å². The molecule has 0 aromatic heterocycles. The summed E-state index contributed by atoms with van der Waals surface area (Å²) < 4.78 is 0. The highest BCUT2D eigenvalue weighted by atomic mass is 15.1. The summed E-state index contributed by atoms with van der Waals surface area (Å²) >= 11 is 0. The minimum Gasteiger partial charge on any atom is -0.312 e. The van der Waals surface area contributed by atoms with Crippen molar-refractivity contribution in [3.63, 3.8) is 0 Å². The van der Waals surface area contributed by atoms with Gasteiger partial charge in [0.2, 0.25) is 0 Å². The van der Waals surface area contributed by atoms with E-state index in [9.17, 15) is 0 Å². The molecule has 3 heteroatoms. The number of nitriles is 1. The third kappa shape index (κ3) is 4.87. The van der Waals surface area contributed by atoms with Crippen LogP contribution in [0.4, 0.5) is 0 Å². The summed E-state index contributed by atoms with van der Waals surface area (Å²) in [6.45, 7) is 7.22. The first-order valence-corrected chi connectivity index (χ1v) is 6.28. The smallest absolute Gasteiger partial charge is 0.0995 e. The van der Waals surface area contributed by atoms with Gasteiger partial charge in [-0.2, -0.15) is 5.26 Å². The fourth-order valence-corrected chi connectivity index (χ4v) is 2.23. The number of nitrogens with zero attached hydrogens (tertiary/aromatic N) is 2. The van der Waals surface area contributed by atoms with Crippen LogP contribution < -0.4 is 5.32 Å². The summed E-state index contributed by atoms with van der Waals surface area (Å²) in [5, 5.41) is 12.5. The Morgan fingerprint density at radius 1 is 1.28 bits per heavy atom. The third-order valence-corrected chi connectivity index (χ3v) is 2.80. The number of nitrogens with one attached hydrogen (secondary N) is 1. The second-order valence-corrected chi connectivity index (χ2v) is 5.77. The van der Waals surface area contributed by atoms with Crippen LogP contribution in [-0.4, -0.2) is 32.1 Å². The van der Waals surface area contributed by atoms with E-state index in [1.165, 1.54) is 0 Å². The average Bonchev–Trinajstić information content (AvgIpc) is 2.27. The Bertz CT molecular complexity index is 416. The normalized spacial score (nSPS) is 11.6. The van der Waals surface area contributed by atoms with Crippen LogP contribution >= 0.6 is 0 Å². The van der Waals surface area contributed by atoms with Gasteiger partial charge >= 0.3 is 0 Å². The molecule has 0 radical (unpaired) electrons. The van der Waals surface area contributed by atoms with Gasteiger partial charge in [0.25, 0.3) is 0 Å². The zero-order valence-electron chi connectivity index (χ0n) is 11.8. The van der Waals surface area contributed by atoms with Crippen molar-refractivity contribution in [3.8, 4) is 6.07 Å². The number of rotatable bonds is 6. The maximum absolute atomic E-state index is 9.01. The predicted octanol–water partition coefficient (Wildman–Crippen LogP) is 2.24. The van der Waals surface area contributed by atoms with Crippen LogP contribution in [0.5, 0.6) is 0 Å². The van der Waals surface area contributed by atoms with E-state index < -0.39 is 0 Å². The lowest BCUT2D eigenvalue weighted by Crippen LogP contribution is -2.37. The minimum atomic E-state index is 0.227. The Morgan fingerprint density at radius 3 is 2.56 bits per heavy atom. The zero-order chi connectivity index (χ0) is 13.6. The molecule has 0 bridgehead atoms. The Labute approximate surface area is 110 Å². The van der Waals surface area contributed by atoms with Crippen molar-refractivity contribution < 1.29 is 0 Å². The fourth-order valence-electron chi connectivity index (χ4n) is 2.23. The van der Waals surface area contributed by atoms with Crippen LogP contribution in [0.1, 0.15) is 25.0 Å². The molecule has 0 spiro atoms. The lowest BCUT2D eigenvalue weighted by molar-refractivity contribution is 0.232. The maximum Gasteiger partial charge on any atom is 0.0995 e. The van der Waals surface area contributed by atoms with E-state index in [2.05, 4.69) is 44.2 Å². The summed E-state index contributed by atoms with van der Waals surface area (Å²) in [5.41, 5.74) is 2.06. The number of hydrogen-bond donors (Lipinski definition) is 1. The summed E-state index contributed by atoms with van der Waals surface area (Å²) in [7, 11) is 4.18. The van der Waals surface area contributed by atoms with E-state index in [-0.39, 0.29) is 5.41 Å². The van der Waals surface area contributed by atoms with Gasteiger partial charge in [-0.15, -0.1) is 0 Å². The van der Waals surface area contributed by atoms with Gasteiger partial charge in [0.1, 0.15) is 0 Å². The van der Waals surface area contributed by atoms with Gasteiger partial charge in [0.05, 0.1) is 11.6 Å². The first-order chi connectivity index (χ1) is 8.44. The van der Waals surface area contributed by atoms with Crippen molar-refractivity contribution in [2.45, 2.75) is 20.4 Å². The maximum atomic E-state index is 9.01. The van der Waals surface area contributed by atoms with E-state index in [4.69, 9.17) is 5.26 Å². The van der Waals surface area contributed by atoms with E-state index in [0.29, 0.717) is 0 Å². The second-order valence-electron chi connectivity index (χ2n) is 5.77. The van der Waals surface area contributed by atoms with E-state index in [1.807, 2.05) is 24.3 Å². The van der Waals surface area contributed by atoms with Crippen LogP contribution in [0.15, 0.2) is 24.3 Å². The number of hydrogen-bond acceptors (Lipinski definition) is 3. The molecular formula is C15H23N3. The van der Waals surface area contributed by atoms with Crippen molar-refractivity contribution in [2.24, 2.45) is 5.41 Å². The molecule has 1 aromatic carbocycles. The molecule has 0 fully saturated rings. The predicted molar refractivity (Wildman–Crippen MR) is 75.2 cm³/mol. The van der Waals surface area contributed by atoms with Crippen LogP contribution in [0.25, 0.3) is 0 Å². The Balaban J connectivity index is 2.49. The lowest BCUT2D eigenvalue weighted by Gasteiger charge is -2.28. The standard InChI is InChI=1S/C15H23N3/c1-15(2,12-18(3)4)11-17-10-14-8-6-5-7-13(14)9-16/h5-8,17H,10-12H2,1-4H3. The van der Waals surface area contributed by atoms with E-state index in [0.717, 1.165) is 30.8 Å². The third-order valence-electron chi connectivity index (χ3n) is 2.80. The summed E-state index contributed by atoms with van der Waals surface area (Å²) in [5.74, 6) is 0. The van der Waals surface area contributed by atoms with Gasteiger partial charge in [-0.3, -0.25) is 0 Å². The first kappa shape index (κ1) is 14.7. The molecule has 18 heavy (non-hydrogen) atoms.